The maximum atomic E-state index is 10.6. The van der Waals surface area contributed by atoms with E-state index in [0.29, 0.717) is 5.13 Å². The van der Waals surface area contributed by atoms with Gasteiger partial charge in [-0.2, -0.15) is 0 Å². The van der Waals surface area contributed by atoms with Gasteiger partial charge in [0.1, 0.15) is 0 Å². The summed E-state index contributed by atoms with van der Waals surface area (Å²) in [5, 5.41) is 3.02. The summed E-state index contributed by atoms with van der Waals surface area (Å²) in [4.78, 5) is 14.9. The molecule has 0 aliphatic heterocycles. The summed E-state index contributed by atoms with van der Waals surface area (Å²) in [5.74, 6) is 0. The van der Waals surface area contributed by atoms with Crippen molar-refractivity contribution in [3.8, 4) is 0 Å². The van der Waals surface area contributed by atoms with Crippen molar-refractivity contribution in [2.75, 3.05) is 5.32 Å². The molecule has 2 amide bonds. The van der Waals surface area contributed by atoms with E-state index in [0.717, 1.165) is 16.6 Å². The smallest absolute Gasteiger partial charge is 0.318 e. The fraction of sp³-hybridized carbons (Fsp3) is 0.200. The molecule has 78 valence electrons. The second-order valence-electron chi connectivity index (χ2n) is 3.16. The maximum absolute atomic E-state index is 10.6. The van der Waals surface area contributed by atoms with Crippen LogP contribution in [-0.4, -0.2) is 11.0 Å². The average molecular weight is 221 g/mol. The Balaban J connectivity index is 2.42. The van der Waals surface area contributed by atoms with Gasteiger partial charge >= 0.3 is 6.03 Å². The van der Waals surface area contributed by atoms with Gasteiger partial charge < -0.3 is 5.73 Å². The van der Waals surface area contributed by atoms with Crippen molar-refractivity contribution in [1.29, 1.82) is 0 Å². The van der Waals surface area contributed by atoms with Crippen LogP contribution in [0.5, 0.6) is 0 Å². The van der Waals surface area contributed by atoms with Crippen LogP contribution < -0.4 is 11.1 Å². The fourth-order valence-electron chi connectivity index (χ4n) is 1.35. The summed E-state index contributed by atoms with van der Waals surface area (Å²) in [5.41, 5.74) is 7.17. The molecular formula is C10H11N3OS. The first-order valence-electron chi connectivity index (χ1n) is 4.65. The van der Waals surface area contributed by atoms with Gasteiger partial charge in [0.2, 0.25) is 0 Å². The van der Waals surface area contributed by atoms with Gasteiger partial charge in [-0.1, -0.05) is 24.3 Å². The molecule has 1 aromatic heterocycles. The molecule has 1 heterocycles. The highest BCUT2D eigenvalue weighted by Crippen LogP contribution is 2.26. The molecule has 0 spiro atoms. The van der Waals surface area contributed by atoms with Crippen LogP contribution in [-0.2, 0) is 6.42 Å². The molecule has 0 saturated heterocycles. The van der Waals surface area contributed by atoms with Gasteiger partial charge in [-0.05, 0) is 24.1 Å². The largest absolute Gasteiger partial charge is 0.351 e. The molecule has 4 nitrogen and oxygen atoms in total. The molecule has 0 aliphatic carbocycles. The third-order valence-electron chi connectivity index (χ3n) is 2.09. The number of thiazole rings is 1. The number of nitrogens with two attached hydrogens (primary N) is 1. The average Bonchev–Trinajstić information content (AvgIpc) is 2.57. The van der Waals surface area contributed by atoms with Gasteiger partial charge in [0.05, 0.1) is 10.2 Å². The first kappa shape index (κ1) is 9.92. The topological polar surface area (TPSA) is 68.0 Å². The number of nitrogens with zero attached hydrogens (tertiary/aromatic N) is 1. The molecule has 0 bridgehead atoms. The number of hydrogen-bond acceptors (Lipinski definition) is 3. The zero-order chi connectivity index (χ0) is 10.8. The Bertz CT molecular complexity index is 506. The third-order valence-corrected chi connectivity index (χ3v) is 3.02. The van der Waals surface area contributed by atoms with Gasteiger partial charge in [-0.15, -0.1) is 0 Å². The van der Waals surface area contributed by atoms with Gasteiger partial charge in [0.15, 0.2) is 5.13 Å². The number of hydrogen-bond donors (Lipinski definition) is 2. The van der Waals surface area contributed by atoms with Crippen molar-refractivity contribution in [3.63, 3.8) is 0 Å². The van der Waals surface area contributed by atoms with E-state index in [1.165, 1.54) is 16.9 Å². The number of nitrogens with one attached hydrogen (secondary N) is 1. The summed E-state index contributed by atoms with van der Waals surface area (Å²) >= 11 is 1.43. The zero-order valence-corrected chi connectivity index (χ0v) is 9.10. The van der Waals surface area contributed by atoms with Crippen molar-refractivity contribution in [1.82, 2.24) is 4.98 Å². The minimum atomic E-state index is -0.579. The first-order chi connectivity index (χ1) is 7.19. The molecule has 2 rings (SSSR count). The van der Waals surface area contributed by atoms with E-state index < -0.39 is 6.03 Å². The van der Waals surface area contributed by atoms with Gasteiger partial charge in [-0.3, -0.25) is 5.32 Å². The van der Waals surface area contributed by atoms with E-state index in [2.05, 4.69) is 23.3 Å². The second kappa shape index (κ2) is 3.86. The number of anilines is 1. The number of aryl methyl sites for hydroxylation is 1. The number of carbonyl (C=O) groups is 1. The lowest BCUT2D eigenvalue weighted by Gasteiger charge is -1.93. The Morgan fingerprint density at radius 1 is 1.60 bits per heavy atom. The number of urea groups is 1. The van der Waals surface area contributed by atoms with E-state index >= 15 is 0 Å². The minimum absolute atomic E-state index is 0.547. The molecule has 0 radical (unpaired) electrons. The Labute approximate surface area is 91.1 Å². The van der Waals surface area contributed by atoms with E-state index in [4.69, 9.17) is 5.73 Å². The maximum Gasteiger partial charge on any atom is 0.318 e. The lowest BCUT2D eigenvalue weighted by atomic mass is 10.2. The number of carbonyl (C=O) groups excluding carboxylic acids is 1. The molecule has 0 saturated carbocycles. The molecule has 15 heavy (non-hydrogen) atoms. The molecule has 0 unspecified atom stereocenters. The summed E-state index contributed by atoms with van der Waals surface area (Å²) in [7, 11) is 0. The molecule has 2 aromatic rings. The minimum Gasteiger partial charge on any atom is -0.351 e. The van der Waals surface area contributed by atoms with Crippen molar-refractivity contribution in [2.24, 2.45) is 5.73 Å². The van der Waals surface area contributed by atoms with Gasteiger partial charge in [0, 0.05) is 0 Å². The van der Waals surface area contributed by atoms with Crippen LogP contribution in [0.25, 0.3) is 10.2 Å². The van der Waals surface area contributed by atoms with Crippen molar-refractivity contribution in [3.05, 3.63) is 23.8 Å². The molecule has 0 aliphatic rings. The van der Waals surface area contributed by atoms with E-state index in [1.807, 2.05) is 12.1 Å². The van der Waals surface area contributed by atoms with Crippen LogP contribution in [0.3, 0.4) is 0 Å². The van der Waals surface area contributed by atoms with E-state index in [9.17, 15) is 4.79 Å². The van der Waals surface area contributed by atoms with E-state index in [1.54, 1.807) is 0 Å². The normalized spacial score (nSPS) is 10.5. The van der Waals surface area contributed by atoms with Crippen LogP contribution in [0.4, 0.5) is 9.93 Å². The van der Waals surface area contributed by atoms with Crippen molar-refractivity contribution >= 4 is 32.7 Å². The molecular weight excluding hydrogens is 210 g/mol. The number of benzene rings is 1. The predicted octanol–water partition coefficient (Wildman–Crippen LogP) is 2.35. The Hall–Kier alpha value is -1.62. The molecule has 3 N–H and O–H groups in total. The monoisotopic (exact) mass is 221 g/mol. The number of rotatable bonds is 2. The summed E-state index contributed by atoms with van der Waals surface area (Å²) in [6.45, 7) is 2.10. The highest BCUT2D eigenvalue weighted by molar-refractivity contribution is 7.22. The lowest BCUT2D eigenvalue weighted by Crippen LogP contribution is -2.18. The fourth-order valence-corrected chi connectivity index (χ4v) is 2.28. The highest BCUT2D eigenvalue weighted by Gasteiger charge is 2.05. The molecule has 1 aromatic carbocycles. The number of fused-ring (bicyclic) bond motifs is 1. The quantitative estimate of drug-likeness (QED) is 0.817. The van der Waals surface area contributed by atoms with Crippen LogP contribution >= 0.6 is 11.3 Å². The second-order valence-corrected chi connectivity index (χ2v) is 4.19. The highest BCUT2D eigenvalue weighted by atomic mass is 32.1. The number of primary amides is 1. The van der Waals surface area contributed by atoms with Crippen molar-refractivity contribution < 1.29 is 4.79 Å². The zero-order valence-electron chi connectivity index (χ0n) is 8.28. The van der Waals surface area contributed by atoms with Crippen LogP contribution in [0.1, 0.15) is 12.5 Å². The van der Waals surface area contributed by atoms with Crippen LogP contribution in [0.2, 0.25) is 0 Å². The SMILES string of the molecule is CCc1ccc2nc(NC(N)=O)sc2c1. The third kappa shape index (κ3) is 2.07. The Morgan fingerprint density at radius 2 is 2.40 bits per heavy atom. The predicted molar refractivity (Wildman–Crippen MR) is 62.2 cm³/mol. The lowest BCUT2D eigenvalue weighted by molar-refractivity contribution is 0.259. The Morgan fingerprint density at radius 3 is 3.07 bits per heavy atom. The van der Waals surface area contributed by atoms with Gasteiger partial charge in [0.25, 0.3) is 0 Å². The number of amides is 2. The Kier molecular flexibility index (Phi) is 2.55. The van der Waals surface area contributed by atoms with Crippen LogP contribution in [0.15, 0.2) is 18.2 Å². The van der Waals surface area contributed by atoms with Gasteiger partial charge in [-0.25, -0.2) is 9.78 Å². The molecule has 0 atom stereocenters. The first-order valence-corrected chi connectivity index (χ1v) is 5.46. The molecule has 0 fully saturated rings. The standard InChI is InChI=1S/C10H11N3OS/c1-2-6-3-4-7-8(5-6)15-10(12-7)13-9(11)14/h3-5H,2H2,1H3,(H3,11,12,13,14). The summed E-state index contributed by atoms with van der Waals surface area (Å²) in [6, 6.07) is 5.50. The number of aromatic nitrogens is 1. The van der Waals surface area contributed by atoms with Crippen molar-refractivity contribution in [2.45, 2.75) is 13.3 Å². The summed E-state index contributed by atoms with van der Waals surface area (Å²) < 4.78 is 1.07. The van der Waals surface area contributed by atoms with Crippen LogP contribution in [0, 0.1) is 0 Å². The molecule has 5 heteroatoms. The summed E-state index contributed by atoms with van der Waals surface area (Å²) in [6.07, 6.45) is 0.992. The van der Waals surface area contributed by atoms with E-state index in [-0.39, 0.29) is 0 Å².